The van der Waals surface area contributed by atoms with Gasteiger partial charge in [0, 0.05) is 18.7 Å². The zero-order valence-electron chi connectivity index (χ0n) is 11.0. The van der Waals surface area contributed by atoms with Crippen LogP contribution in [-0.2, 0) is 6.54 Å². The molecular formula is C9H14BrN5O5S2. The number of nitrogens with one attached hydrogen (secondary N) is 1. The van der Waals surface area contributed by atoms with E-state index in [0.29, 0.717) is 6.54 Å². The van der Waals surface area contributed by atoms with Crippen molar-refractivity contribution >= 4 is 40.3 Å². The van der Waals surface area contributed by atoms with Crippen molar-refractivity contribution in [1.82, 2.24) is 5.32 Å². The zero-order chi connectivity index (χ0) is 17.7. The summed E-state index contributed by atoms with van der Waals surface area (Å²) in [5.74, 6) is 0. The number of rotatable bonds is 3. The molecule has 0 radical (unpaired) electrons. The van der Waals surface area contributed by atoms with Gasteiger partial charge < -0.3 is 30.9 Å². The molecule has 0 spiro atoms. The molecule has 0 heterocycles. The van der Waals surface area contributed by atoms with Crippen LogP contribution in [-0.4, -0.2) is 19.3 Å². The van der Waals surface area contributed by atoms with Crippen LogP contribution in [0.1, 0.15) is 5.56 Å². The standard InChI is InChI=1S/C8H9N3O2S.CH4N2S.BrHO3/c9-8(14)10-5-6-1-3-7(4-2-6)11(12)13;2*2-1(3)4/h1-4H,5H2,(H3,9,10,14);(H4,2,3,4);2H. The van der Waals surface area contributed by atoms with E-state index < -0.39 is 19.7 Å². The van der Waals surface area contributed by atoms with Crippen LogP contribution in [0.3, 0.4) is 0 Å². The highest BCUT2D eigenvalue weighted by molar-refractivity contribution is 7.80. The Morgan fingerprint density at radius 3 is 1.86 bits per heavy atom. The maximum Gasteiger partial charge on any atom is 0.433 e. The molecule has 0 amide bonds. The molecule has 0 atom stereocenters. The van der Waals surface area contributed by atoms with E-state index >= 15 is 0 Å². The van der Waals surface area contributed by atoms with Gasteiger partial charge in [0.25, 0.3) is 5.69 Å². The van der Waals surface area contributed by atoms with Gasteiger partial charge in [-0.2, -0.15) is 0 Å². The topological polar surface area (TPSA) is 200 Å². The number of nitro benzene ring substituents is 1. The molecule has 8 N–H and O–H groups in total. The first-order valence-electron chi connectivity index (χ1n) is 5.12. The Balaban J connectivity index is 0. The van der Waals surface area contributed by atoms with Crippen molar-refractivity contribution in [3.63, 3.8) is 0 Å². The Hall–Kier alpha value is -1.64. The molecule has 0 aliphatic rings. The minimum Gasteiger partial charge on any atom is -0.377 e. The molecule has 1 rings (SSSR count). The molecule has 22 heavy (non-hydrogen) atoms. The molecule has 10 nitrogen and oxygen atoms in total. The molecule has 0 aromatic heterocycles. The molecule has 1 aromatic carbocycles. The van der Waals surface area contributed by atoms with Gasteiger partial charge in [-0.25, -0.2) is 0 Å². The monoisotopic (exact) mass is 415 g/mol. The number of nitrogens with zero attached hydrogens (tertiary/aromatic N) is 1. The highest BCUT2D eigenvalue weighted by Crippen LogP contribution is 2.11. The summed E-state index contributed by atoms with van der Waals surface area (Å²) in [6.07, 6.45) is 0. The van der Waals surface area contributed by atoms with Crippen LogP contribution in [0.15, 0.2) is 24.3 Å². The first-order chi connectivity index (χ1) is 10.1. The first kappa shape index (κ1) is 22.6. The summed E-state index contributed by atoms with van der Waals surface area (Å²) in [5, 5.41) is 13.3. The van der Waals surface area contributed by atoms with E-state index in [-0.39, 0.29) is 15.9 Å². The highest BCUT2D eigenvalue weighted by atomic mass is 80.0. The second kappa shape index (κ2) is 13.1. The van der Waals surface area contributed by atoms with Gasteiger partial charge in [-0.3, -0.25) is 10.1 Å². The van der Waals surface area contributed by atoms with E-state index in [4.69, 9.17) is 18.3 Å². The minimum absolute atomic E-state index is 0.000000000000000222. The van der Waals surface area contributed by atoms with E-state index in [1.54, 1.807) is 12.1 Å². The second-order valence-electron chi connectivity index (χ2n) is 3.24. The van der Waals surface area contributed by atoms with Gasteiger partial charge in [0.1, 0.15) is 0 Å². The van der Waals surface area contributed by atoms with E-state index in [2.05, 4.69) is 41.2 Å². The van der Waals surface area contributed by atoms with Crippen LogP contribution >= 0.6 is 24.4 Å². The van der Waals surface area contributed by atoms with Crippen molar-refractivity contribution in [3.05, 3.63) is 39.9 Å². The van der Waals surface area contributed by atoms with E-state index in [0.717, 1.165) is 5.56 Å². The summed E-state index contributed by atoms with van der Waals surface area (Å²) in [6, 6.07) is 6.19. The fraction of sp³-hybridized carbons (Fsp3) is 0.111. The predicted octanol–water partition coefficient (Wildman–Crippen LogP) is -2.82. The maximum atomic E-state index is 10.3. The van der Waals surface area contributed by atoms with Crippen LogP contribution in [0.25, 0.3) is 0 Å². The van der Waals surface area contributed by atoms with Crippen molar-refractivity contribution in [2.75, 3.05) is 0 Å². The molecule has 0 saturated heterocycles. The van der Waals surface area contributed by atoms with Crippen molar-refractivity contribution < 1.29 is 32.3 Å². The molecule has 0 unspecified atom stereocenters. The molecule has 0 fully saturated rings. The molecular weight excluding hydrogens is 402 g/mol. The number of nitro groups is 1. The summed E-state index contributed by atoms with van der Waals surface area (Å²) in [6.45, 7) is 0.479. The lowest BCUT2D eigenvalue weighted by molar-refractivity contribution is -1.63. The number of benzene rings is 1. The van der Waals surface area contributed by atoms with Gasteiger partial charge in [-0.1, -0.05) is 12.1 Å². The Bertz CT molecular complexity index is 481. The largest absolute Gasteiger partial charge is 0.433 e. The number of hydrogen-bond acceptors (Lipinski definition) is 7. The van der Waals surface area contributed by atoms with Crippen LogP contribution in [0, 0.1) is 24.9 Å². The SMILES string of the molecule is NC(=S)NCc1ccc([N+](=O)[O-])cc1.NC(N)=S.[O-][Br+2]([O-])O. The third kappa shape index (κ3) is 18.4. The van der Waals surface area contributed by atoms with Gasteiger partial charge in [-0.05, 0) is 34.2 Å². The third-order valence-electron chi connectivity index (χ3n) is 1.61. The average molecular weight is 416 g/mol. The van der Waals surface area contributed by atoms with Gasteiger partial charge >= 0.3 is 14.8 Å². The number of hydrogen-bond donors (Lipinski definition) is 5. The minimum atomic E-state index is -3.40. The molecule has 0 aliphatic heterocycles. The Labute approximate surface area is 141 Å². The van der Waals surface area contributed by atoms with Crippen LogP contribution < -0.4 is 30.9 Å². The molecule has 0 aliphatic carbocycles. The second-order valence-corrected chi connectivity index (χ2v) is 5.00. The summed E-state index contributed by atoms with van der Waals surface area (Å²) in [7, 11) is 0. The lowest BCUT2D eigenvalue weighted by atomic mass is 10.2. The summed E-state index contributed by atoms with van der Waals surface area (Å²) in [5.41, 5.74) is 15.4. The smallest absolute Gasteiger partial charge is 0.377 e. The van der Waals surface area contributed by atoms with E-state index in [9.17, 15) is 10.1 Å². The van der Waals surface area contributed by atoms with Crippen molar-refractivity contribution in [2.45, 2.75) is 6.54 Å². The predicted molar refractivity (Wildman–Crippen MR) is 79.9 cm³/mol. The Morgan fingerprint density at radius 1 is 1.23 bits per heavy atom. The summed E-state index contributed by atoms with van der Waals surface area (Å²) in [4.78, 5) is 9.89. The maximum absolute atomic E-state index is 10.3. The van der Waals surface area contributed by atoms with E-state index in [1.165, 1.54) is 12.1 Å². The molecule has 0 bridgehead atoms. The Kier molecular flexibility index (Phi) is 13.4. The normalized spacial score (nSPS) is 8.73. The van der Waals surface area contributed by atoms with Gasteiger partial charge in [0.2, 0.25) is 0 Å². The molecule has 0 saturated carbocycles. The van der Waals surface area contributed by atoms with Gasteiger partial charge in [0.15, 0.2) is 10.2 Å². The molecule has 1 aromatic rings. The van der Waals surface area contributed by atoms with Gasteiger partial charge in [0.05, 0.1) is 4.92 Å². The average Bonchev–Trinajstić information content (AvgIpc) is 2.35. The molecule has 124 valence electrons. The summed E-state index contributed by atoms with van der Waals surface area (Å²) < 4.78 is 24.3. The quantitative estimate of drug-likeness (QED) is 0.193. The van der Waals surface area contributed by atoms with Crippen LogP contribution in [0.5, 0.6) is 0 Å². The lowest BCUT2D eigenvalue weighted by Crippen LogP contribution is -2.30. The van der Waals surface area contributed by atoms with Crippen molar-refractivity contribution in [3.8, 4) is 0 Å². The van der Waals surface area contributed by atoms with Crippen molar-refractivity contribution in [2.24, 2.45) is 17.2 Å². The van der Waals surface area contributed by atoms with Crippen LogP contribution in [0.4, 0.5) is 5.69 Å². The Morgan fingerprint density at radius 2 is 1.59 bits per heavy atom. The number of halogens is 1. The molecule has 13 heteroatoms. The number of thiocarbonyl (C=S) groups is 2. The highest BCUT2D eigenvalue weighted by Gasteiger charge is 2.03. The van der Waals surface area contributed by atoms with E-state index in [1.807, 2.05) is 0 Å². The summed E-state index contributed by atoms with van der Waals surface area (Å²) >= 11 is 5.32. The van der Waals surface area contributed by atoms with Gasteiger partial charge in [-0.15, -0.1) is 0 Å². The fourth-order valence-electron chi connectivity index (χ4n) is 0.925. The first-order valence-corrected chi connectivity index (χ1v) is 7.94. The van der Waals surface area contributed by atoms with Crippen LogP contribution in [0.2, 0.25) is 0 Å². The number of nitrogens with two attached hydrogens (primary N) is 3. The lowest BCUT2D eigenvalue weighted by Gasteiger charge is -2.02. The number of non-ortho nitro benzene ring substituents is 1. The third-order valence-corrected chi connectivity index (χ3v) is 1.76. The van der Waals surface area contributed by atoms with Crippen molar-refractivity contribution in [1.29, 1.82) is 0 Å². The zero-order valence-corrected chi connectivity index (χ0v) is 14.2. The fourth-order valence-corrected chi connectivity index (χ4v) is 0.997.